The largest absolute Gasteiger partial charge is 0.355 e. The molecule has 0 bridgehead atoms. The Balaban J connectivity index is 2.04. The number of nitrogens with zero attached hydrogens (tertiary/aromatic N) is 1. The summed E-state index contributed by atoms with van der Waals surface area (Å²) in [6.07, 6.45) is 4.93. The van der Waals surface area contributed by atoms with Crippen molar-refractivity contribution < 1.29 is 4.79 Å². The highest BCUT2D eigenvalue weighted by molar-refractivity contribution is 5.77. The van der Waals surface area contributed by atoms with Crippen LogP contribution in [-0.2, 0) is 4.79 Å². The predicted octanol–water partition coefficient (Wildman–Crippen LogP) is 1.22. The van der Waals surface area contributed by atoms with E-state index in [-0.39, 0.29) is 5.91 Å². The van der Waals surface area contributed by atoms with E-state index in [9.17, 15) is 4.79 Å². The van der Waals surface area contributed by atoms with Gasteiger partial charge < -0.3 is 15.5 Å². The molecule has 4 nitrogen and oxygen atoms in total. The third kappa shape index (κ3) is 6.36. The molecule has 18 heavy (non-hydrogen) atoms. The first-order valence-electron chi connectivity index (χ1n) is 7.27. The lowest BCUT2D eigenvalue weighted by molar-refractivity contribution is -0.120. The molecule has 1 aliphatic rings. The SMILES string of the molecule is CC(C)CCNC(=O)CNCC1CCCCN1C. The maximum absolute atomic E-state index is 11.6. The summed E-state index contributed by atoms with van der Waals surface area (Å²) < 4.78 is 0. The van der Waals surface area contributed by atoms with Gasteiger partial charge in [0.25, 0.3) is 0 Å². The lowest BCUT2D eigenvalue weighted by Crippen LogP contribution is -2.45. The van der Waals surface area contributed by atoms with Gasteiger partial charge >= 0.3 is 0 Å². The molecule has 1 unspecified atom stereocenters. The van der Waals surface area contributed by atoms with Crippen molar-refractivity contribution in [1.82, 2.24) is 15.5 Å². The van der Waals surface area contributed by atoms with E-state index in [2.05, 4.69) is 36.4 Å². The lowest BCUT2D eigenvalue weighted by atomic mass is 10.0. The third-order valence-electron chi connectivity index (χ3n) is 3.63. The number of likely N-dealkylation sites (tertiary alicyclic amines) is 1. The number of carbonyl (C=O) groups excluding carboxylic acids is 1. The van der Waals surface area contributed by atoms with E-state index in [1.165, 1.54) is 25.8 Å². The standard InChI is InChI=1S/C14H29N3O/c1-12(2)7-8-16-14(18)11-15-10-13-6-4-5-9-17(13)3/h12-13,15H,4-11H2,1-3H3,(H,16,18). The van der Waals surface area contributed by atoms with Crippen molar-refractivity contribution in [3.8, 4) is 0 Å². The molecule has 1 saturated heterocycles. The highest BCUT2D eigenvalue weighted by atomic mass is 16.1. The molecular formula is C14H29N3O. The first-order chi connectivity index (χ1) is 8.59. The van der Waals surface area contributed by atoms with E-state index in [4.69, 9.17) is 0 Å². The fourth-order valence-corrected chi connectivity index (χ4v) is 2.32. The van der Waals surface area contributed by atoms with Gasteiger partial charge in [-0.15, -0.1) is 0 Å². The Kier molecular flexibility index (Phi) is 7.28. The highest BCUT2D eigenvalue weighted by Gasteiger charge is 2.18. The summed E-state index contributed by atoms with van der Waals surface area (Å²) in [6.45, 7) is 7.69. The van der Waals surface area contributed by atoms with Crippen LogP contribution in [0, 0.1) is 5.92 Å². The van der Waals surface area contributed by atoms with E-state index in [1.54, 1.807) is 0 Å². The van der Waals surface area contributed by atoms with Crippen molar-refractivity contribution in [2.24, 2.45) is 5.92 Å². The minimum atomic E-state index is 0.120. The average molecular weight is 255 g/mol. The molecule has 0 aliphatic carbocycles. The Hall–Kier alpha value is -0.610. The molecule has 0 spiro atoms. The quantitative estimate of drug-likeness (QED) is 0.719. The fraction of sp³-hybridized carbons (Fsp3) is 0.929. The van der Waals surface area contributed by atoms with E-state index >= 15 is 0 Å². The Morgan fingerprint density at radius 3 is 2.83 bits per heavy atom. The number of nitrogens with one attached hydrogen (secondary N) is 2. The van der Waals surface area contributed by atoms with Crippen molar-refractivity contribution in [1.29, 1.82) is 0 Å². The smallest absolute Gasteiger partial charge is 0.233 e. The van der Waals surface area contributed by atoms with Crippen molar-refractivity contribution >= 4 is 5.91 Å². The summed E-state index contributed by atoms with van der Waals surface area (Å²) in [5.41, 5.74) is 0. The topological polar surface area (TPSA) is 44.4 Å². The zero-order valence-corrected chi connectivity index (χ0v) is 12.2. The monoisotopic (exact) mass is 255 g/mol. The van der Waals surface area contributed by atoms with Crippen LogP contribution in [-0.4, -0.2) is 50.1 Å². The van der Waals surface area contributed by atoms with Gasteiger partial charge in [-0.1, -0.05) is 20.3 Å². The van der Waals surface area contributed by atoms with Crippen LogP contribution >= 0.6 is 0 Å². The number of likely N-dealkylation sites (N-methyl/N-ethyl adjacent to an activating group) is 1. The number of amides is 1. The van der Waals surface area contributed by atoms with E-state index in [0.29, 0.717) is 18.5 Å². The Bertz CT molecular complexity index is 243. The molecule has 0 saturated carbocycles. The molecule has 2 N–H and O–H groups in total. The molecule has 0 aromatic carbocycles. The van der Waals surface area contributed by atoms with Gasteiger partial charge in [0.1, 0.15) is 0 Å². The summed E-state index contributed by atoms with van der Waals surface area (Å²) in [4.78, 5) is 14.0. The van der Waals surface area contributed by atoms with Crippen LogP contribution in [0.1, 0.15) is 39.5 Å². The molecule has 1 atom stereocenters. The molecule has 1 fully saturated rings. The van der Waals surface area contributed by atoms with E-state index in [0.717, 1.165) is 19.5 Å². The maximum atomic E-state index is 11.6. The van der Waals surface area contributed by atoms with Crippen LogP contribution in [0.15, 0.2) is 0 Å². The number of hydrogen-bond donors (Lipinski definition) is 2. The first-order valence-corrected chi connectivity index (χ1v) is 7.27. The van der Waals surface area contributed by atoms with Crippen LogP contribution in [0.4, 0.5) is 0 Å². The van der Waals surface area contributed by atoms with Crippen LogP contribution in [0.25, 0.3) is 0 Å². The summed E-state index contributed by atoms with van der Waals surface area (Å²) in [5, 5.41) is 6.22. The summed E-state index contributed by atoms with van der Waals surface area (Å²) in [6, 6.07) is 0.599. The molecule has 1 rings (SSSR count). The predicted molar refractivity (Wildman–Crippen MR) is 75.6 cm³/mol. The first kappa shape index (κ1) is 15.4. The second-order valence-electron chi connectivity index (χ2n) is 5.79. The molecule has 0 radical (unpaired) electrons. The van der Waals surface area contributed by atoms with Gasteiger partial charge in [0.15, 0.2) is 0 Å². The van der Waals surface area contributed by atoms with Crippen LogP contribution in [0.3, 0.4) is 0 Å². The normalized spacial score (nSPS) is 21.2. The Labute approximate surface area is 111 Å². The molecule has 1 aliphatic heterocycles. The second kappa shape index (κ2) is 8.48. The van der Waals surface area contributed by atoms with Gasteiger partial charge in [0, 0.05) is 19.1 Å². The number of hydrogen-bond acceptors (Lipinski definition) is 3. The van der Waals surface area contributed by atoms with Crippen LogP contribution < -0.4 is 10.6 Å². The molecule has 0 aromatic rings. The number of rotatable bonds is 7. The van der Waals surface area contributed by atoms with E-state index in [1.807, 2.05) is 0 Å². The van der Waals surface area contributed by atoms with Gasteiger partial charge in [-0.3, -0.25) is 4.79 Å². The summed E-state index contributed by atoms with van der Waals surface area (Å²) in [5.74, 6) is 0.767. The van der Waals surface area contributed by atoms with Crippen molar-refractivity contribution in [2.75, 3.05) is 33.2 Å². The van der Waals surface area contributed by atoms with Gasteiger partial charge in [-0.05, 0) is 38.8 Å². The fourth-order valence-electron chi connectivity index (χ4n) is 2.32. The molecule has 1 amide bonds. The van der Waals surface area contributed by atoms with Gasteiger partial charge in [-0.25, -0.2) is 0 Å². The minimum Gasteiger partial charge on any atom is -0.355 e. The van der Waals surface area contributed by atoms with Crippen molar-refractivity contribution in [3.63, 3.8) is 0 Å². The number of piperidine rings is 1. The van der Waals surface area contributed by atoms with Gasteiger partial charge in [-0.2, -0.15) is 0 Å². The van der Waals surface area contributed by atoms with E-state index < -0.39 is 0 Å². The lowest BCUT2D eigenvalue weighted by Gasteiger charge is -2.32. The van der Waals surface area contributed by atoms with Crippen LogP contribution in [0.2, 0.25) is 0 Å². The zero-order chi connectivity index (χ0) is 13.4. The van der Waals surface area contributed by atoms with Crippen molar-refractivity contribution in [3.05, 3.63) is 0 Å². The summed E-state index contributed by atoms with van der Waals surface area (Å²) in [7, 11) is 2.17. The summed E-state index contributed by atoms with van der Waals surface area (Å²) >= 11 is 0. The molecule has 0 aromatic heterocycles. The molecule has 106 valence electrons. The molecule has 4 heteroatoms. The highest BCUT2D eigenvalue weighted by Crippen LogP contribution is 2.13. The van der Waals surface area contributed by atoms with Crippen molar-refractivity contribution in [2.45, 2.75) is 45.6 Å². The van der Waals surface area contributed by atoms with Gasteiger partial charge in [0.05, 0.1) is 6.54 Å². The zero-order valence-electron chi connectivity index (χ0n) is 12.2. The maximum Gasteiger partial charge on any atom is 0.233 e. The molecule has 1 heterocycles. The van der Waals surface area contributed by atoms with Gasteiger partial charge in [0.2, 0.25) is 5.91 Å². The third-order valence-corrected chi connectivity index (χ3v) is 3.63. The molecular weight excluding hydrogens is 226 g/mol. The minimum absolute atomic E-state index is 0.120. The Morgan fingerprint density at radius 1 is 1.39 bits per heavy atom. The average Bonchev–Trinajstić information content (AvgIpc) is 2.31. The number of carbonyl (C=O) groups is 1. The Morgan fingerprint density at radius 2 is 2.17 bits per heavy atom. The van der Waals surface area contributed by atoms with Crippen LogP contribution in [0.5, 0.6) is 0 Å². The second-order valence-corrected chi connectivity index (χ2v) is 5.79.